The molecule has 0 unspecified atom stereocenters. The summed E-state index contributed by atoms with van der Waals surface area (Å²) >= 11 is 6.00. The van der Waals surface area contributed by atoms with Gasteiger partial charge in [0.1, 0.15) is 18.1 Å². The number of hydrogen-bond acceptors (Lipinski definition) is 4. The zero-order chi connectivity index (χ0) is 16.9. The number of benzene rings is 2. The van der Waals surface area contributed by atoms with Gasteiger partial charge in [0.25, 0.3) is 0 Å². The Morgan fingerprint density at radius 3 is 2.67 bits per heavy atom. The van der Waals surface area contributed by atoms with Crippen LogP contribution in [0, 0.1) is 0 Å². The van der Waals surface area contributed by atoms with Crippen LogP contribution in [0.3, 0.4) is 0 Å². The first-order valence-corrected chi connectivity index (χ1v) is 7.82. The van der Waals surface area contributed by atoms with Crippen molar-refractivity contribution in [2.75, 3.05) is 20.3 Å². The number of aliphatic imine (C=N–C) groups is 1. The van der Waals surface area contributed by atoms with Crippen molar-refractivity contribution in [2.45, 2.75) is 0 Å². The van der Waals surface area contributed by atoms with Crippen molar-refractivity contribution >= 4 is 28.7 Å². The molecule has 0 saturated carbocycles. The van der Waals surface area contributed by atoms with Gasteiger partial charge in [-0.25, -0.2) is 0 Å². The highest BCUT2D eigenvalue weighted by molar-refractivity contribution is 6.31. The number of nitrogens with one attached hydrogen (secondary N) is 1. The lowest BCUT2D eigenvalue weighted by Crippen LogP contribution is -2.01. The van der Waals surface area contributed by atoms with E-state index >= 15 is 0 Å². The van der Waals surface area contributed by atoms with Crippen LogP contribution in [0.15, 0.2) is 47.5 Å². The predicted molar refractivity (Wildman–Crippen MR) is 95.9 cm³/mol. The second kappa shape index (κ2) is 7.27. The minimum Gasteiger partial charge on any atom is -0.497 e. The number of aromatic nitrogens is 1. The van der Waals surface area contributed by atoms with Crippen molar-refractivity contribution in [3.05, 3.63) is 53.1 Å². The molecule has 124 valence electrons. The summed E-state index contributed by atoms with van der Waals surface area (Å²) < 4.78 is 10.7. The average molecular weight is 345 g/mol. The van der Waals surface area contributed by atoms with Crippen LogP contribution in [0.5, 0.6) is 17.4 Å². The zero-order valence-corrected chi connectivity index (χ0v) is 13.9. The standard InChI is InChI=1S/C18H17ClN2O3/c1-23-13-3-5-14(6-4-13)24-9-8-20-11-16-15-10-12(19)2-7-17(15)21-18(16)22/h2-7,10-11,21-22H,8-9H2,1H3. The van der Waals surface area contributed by atoms with Gasteiger partial charge in [0.05, 0.1) is 19.2 Å². The minimum absolute atomic E-state index is 0.0760. The number of rotatable bonds is 6. The summed E-state index contributed by atoms with van der Waals surface area (Å²) in [5, 5.41) is 11.4. The number of halogens is 1. The predicted octanol–water partition coefficient (Wildman–Crippen LogP) is 4.03. The molecule has 0 aliphatic carbocycles. The van der Waals surface area contributed by atoms with Crippen molar-refractivity contribution < 1.29 is 14.6 Å². The summed E-state index contributed by atoms with van der Waals surface area (Å²) in [6, 6.07) is 12.7. The molecule has 5 nitrogen and oxygen atoms in total. The molecule has 0 amide bonds. The Hall–Kier alpha value is -2.66. The first-order valence-electron chi connectivity index (χ1n) is 7.44. The highest BCUT2D eigenvalue weighted by Crippen LogP contribution is 2.28. The molecule has 1 heterocycles. The van der Waals surface area contributed by atoms with Gasteiger partial charge in [-0.3, -0.25) is 4.99 Å². The fourth-order valence-electron chi connectivity index (χ4n) is 2.35. The van der Waals surface area contributed by atoms with E-state index in [0.29, 0.717) is 23.7 Å². The van der Waals surface area contributed by atoms with E-state index in [2.05, 4.69) is 9.98 Å². The molecule has 0 radical (unpaired) electrons. The molecule has 6 heteroatoms. The van der Waals surface area contributed by atoms with E-state index in [0.717, 1.165) is 22.4 Å². The number of aromatic hydroxyl groups is 1. The summed E-state index contributed by atoms with van der Waals surface area (Å²) in [6.07, 6.45) is 1.63. The molecule has 0 atom stereocenters. The Bertz CT molecular complexity index is 857. The first-order chi connectivity index (χ1) is 11.7. The molecule has 3 rings (SSSR count). The van der Waals surface area contributed by atoms with Crippen molar-refractivity contribution in [2.24, 2.45) is 4.99 Å². The Morgan fingerprint density at radius 2 is 1.92 bits per heavy atom. The van der Waals surface area contributed by atoms with E-state index in [1.807, 2.05) is 30.3 Å². The fourth-order valence-corrected chi connectivity index (χ4v) is 2.52. The second-order valence-electron chi connectivity index (χ2n) is 5.14. The SMILES string of the molecule is COc1ccc(OCCN=Cc2c(O)[nH]c3ccc(Cl)cc23)cc1. The summed E-state index contributed by atoms with van der Waals surface area (Å²) in [5.41, 5.74) is 1.43. The lowest BCUT2D eigenvalue weighted by molar-refractivity contribution is 0.328. The van der Waals surface area contributed by atoms with Gasteiger partial charge in [-0.05, 0) is 42.5 Å². The largest absolute Gasteiger partial charge is 0.497 e. The smallest absolute Gasteiger partial charge is 0.198 e. The molecule has 0 aliphatic heterocycles. The van der Waals surface area contributed by atoms with E-state index < -0.39 is 0 Å². The topological polar surface area (TPSA) is 66.8 Å². The molecular weight excluding hydrogens is 328 g/mol. The maximum Gasteiger partial charge on any atom is 0.198 e. The van der Waals surface area contributed by atoms with Crippen LogP contribution in [0.2, 0.25) is 5.02 Å². The van der Waals surface area contributed by atoms with Crippen LogP contribution >= 0.6 is 11.6 Å². The van der Waals surface area contributed by atoms with Crippen molar-refractivity contribution in [3.8, 4) is 17.4 Å². The summed E-state index contributed by atoms with van der Waals surface area (Å²) in [7, 11) is 1.62. The number of aromatic amines is 1. The fraction of sp³-hybridized carbons (Fsp3) is 0.167. The summed E-state index contributed by atoms with van der Waals surface area (Å²) in [5.74, 6) is 1.62. The molecule has 0 spiro atoms. The van der Waals surface area contributed by atoms with Crippen LogP contribution in [0.4, 0.5) is 0 Å². The maximum atomic E-state index is 9.98. The summed E-state index contributed by atoms with van der Waals surface area (Å²) in [4.78, 5) is 7.20. The number of methoxy groups -OCH3 is 1. The van der Waals surface area contributed by atoms with Crippen LogP contribution in [0.1, 0.15) is 5.56 Å². The quantitative estimate of drug-likeness (QED) is 0.524. The highest BCUT2D eigenvalue weighted by atomic mass is 35.5. The van der Waals surface area contributed by atoms with Crippen LogP contribution < -0.4 is 9.47 Å². The van der Waals surface area contributed by atoms with Gasteiger partial charge in [0.15, 0.2) is 5.88 Å². The molecular formula is C18H17ClN2O3. The number of H-pyrrole nitrogens is 1. The molecule has 2 N–H and O–H groups in total. The van der Waals surface area contributed by atoms with Gasteiger partial charge in [0, 0.05) is 22.1 Å². The van der Waals surface area contributed by atoms with Crippen LogP contribution in [-0.4, -0.2) is 36.6 Å². The van der Waals surface area contributed by atoms with E-state index in [1.165, 1.54) is 0 Å². The van der Waals surface area contributed by atoms with Gasteiger partial charge >= 0.3 is 0 Å². The first kappa shape index (κ1) is 16.2. The number of fused-ring (bicyclic) bond motifs is 1. The molecule has 24 heavy (non-hydrogen) atoms. The Kier molecular flexibility index (Phi) is 4.91. The molecule has 3 aromatic rings. The van der Waals surface area contributed by atoms with Crippen molar-refractivity contribution in [1.29, 1.82) is 0 Å². The average Bonchev–Trinajstić information content (AvgIpc) is 2.90. The van der Waals surface area contributed by atoms with Gasteiger partial charge in [-0.15, -0.1) is 0 Å². The third kappa shape index (κ3) is 3.63. The Balaban J connectivity index is 1.60. The lowest BCUT2D eigenvalue weighted by atomic mass is 10.2. The van der Waals surface area contributed by atoms with E-state index in [4.69, 9.17) is 21.1 Å². The van der Waals surface area contributed by atoms with Crippen molar-refractivity contribution in [3.63, 3.8) is 0 Å². The third-order valence-corrected chi connectivity index (χ3v) is 3.78. The van der Waals surface area contributed by atoms with Gasteiger partial charge in [-0.1, -0.05) is 11.6 Å². The molecule has 0 saturated heterocycles. The van der Waals surface area contributed by atoms with Gasteiger partial charge in [0.2, 0.25) is 0 Å². The normalized spacial score (nSPS) is 11.2. The zero-order valence-electron chi connectivity index (χ0n) is 13.1. The third-order valence-electron chi connectivity index (χ3n) is 3.55. The number of hydrogen-bond donors (Lipinski definition) is 2. The van der Waals surface area contributed by atoms with Crippen molar-refractivity contribution in [1.82, 2.24) is 4.98 Å². The van der Waals surface area contributed by atoms with E-state index in [9.17, 15) is 5.11 Å². The van der Waals surface area contributed by atoms with Crippen LogP contribution in [-0.2, 0) is 0 Å². The van der Waals surface area contributed by atoms with E-state index in [1.54, 1.807) is 25.5 Å². The highest BCUT2D eigenvalue weighted by Gasteiger charge is 2.08. The molecule has 0 bridgehead atoms. The second-order valence-corrected chi connectivity index (χ2v) is 5.57. The number of ether oxygens (including phenoxy) is 2. The van der Waals surface area contributed by atoms with Gasteiger partial charge in [-0.2, -0.15) is 0 Å². The van der Waals surface area contributed by atoms with E-state index in [-0.39, 0.29) is 5.88 Å². The van der Waals surface area contributed by atoms with Gasteiger partial charge < -0.3 is 19.6 Å². The molecule has 1 aromatic heterocycles. The maximum absolute atomic E-state index is 9.98. The minimum atomic E-state index is 0.0760. The molecule has 0 fully saturated rings. The Labute approximate surface area is 144 Å². The molecule has 2 aromatic carbocycles. The molecule has 0 aliphatic rings. The lowest BCUT2D eigenvalue weighted by Gasteiger charge is -2.05. The number of nitrogens with zero attached hydrogens (tertiary/aromatic N) is 1. The monoisotopic (exact) mass is 344 g/mol. The summed E-state index contributed by atoms with van der Waals surface area (Å²) in [6.45, 7) is 0.908. The Morgan fingerprint density at radius 1 is 1.17 bits per heavy atom. The van der Waals surface area contributed by atoms with Crippen LogP contribution in [0.25, 0.3) is 10.9 Å².